The van der Waals surface area contributed by atoms with Gasteiger partial charge in [0.25, 0.3) is 0 Å². The number of rotatable bonds is 8. The normalized spacial score (nSPS) is 14.8. The zero-order valence-corrected chi connectivity index (χ0v) is 22.5. The summed E-state index contributed by atoms with van der Waals surface area (Å²) >= 11 is 13.4. The molecule has 10 heteroatoms. The van der Waals surface area contributed by atoms with Gasteiger partial charge in [-0.15, -0.1) is 0 Å². The van der Waals surface area contributed by atoms with E-state index in [1.54, 1.807) is 18.3 Å². The van der Waals surface area contributed by atoms with Gasteiger partial charge in [0.2, 0.25) is 0 Å². The lowest BCUT2D eigenvalue weighted by molar-refractivity contribution is -0.158. The van der Waals surface area contributed by atoms with Crippen molar-refractivity contribution in [3.63, 3.8) is 0 Å². The second-order valence-electron chi connectivity index (χ2n) is 9.71. The minimum absolute atomic E-state index is 0.0935. The molecule has 6 nitrogen and oxygen atoms in total. The summed E-state index contributed by atoms with van der Waals surface area (Å²) in [5.74, 6) is -0.536. The highest BCUT2D eigenvalue weighted by Crippen LogP contribution is 2.37. The highest BCUT2D eigenvalue weighted by Gasteiger charge is 2.26. The molecule has 0 amide bonds. The molecule has 4 rings (SSSR count). The van der Waals surface area contributed by atoms with Crippen LogP contribution in [0.1, 0.15) is 48.6 Å². The first kappa shape index (κ1) is 27.2. The van der Waals surface area contributed by atoms with Gasteiger partial charge >= 0.3 is 12.1 Å². The van der Waals surface area contributed by atoms with Gasteiger partial charge in [-0.2, -0.15) is 8.78 Å². The summed E-state index contributed by atoms with van der Waals surface area (Å²) in [7, 11) is 1.84. The number of carboxylic acid groups (broad SMARTS) is 1. The maximum absolute atomic E-state index is 13.4. The van der Waals surface area contributed by atoms with Crippen molar-refractivity contribution in [2.75, 3.05) is 13.1 Å². The molecule has 1 N–H and O–H groups in total. The molecule has 37 heavy (non-hydrogen) atoms. The smallest absolute Gasteiger partial charge is 0.394 e. The van der Waals surface area contributed by atoms with Gasteiger partial charge < -0.3 is 19.3 Å². The largest absolute Gasteiger partial charge is 0.481 e. The van der Waals surface area contributed by atoms with E-state index < -0.39 is 12.1 Å². The van der Waals surface area contributed by atoms with Crippen LogP contribution in [-0.4, -0.2) is 44.7 Å². The molecule has 0 unspecified atom stereocenters. The average Bonchev–Trinajstić information content (AvgIpc) is 3.10. The molecule has 3 heterocycles. The minimum Gasteiger partial charge on any atom is -0.481 e. The van der Waals surface area contributed by atoms with E-state index in [4.69, 9.17) is 33.0 Å². The average molecular weight is 552 g/mol. The van der Waals surface area contributed by atoms with Gasteiger partial charge in [-0.3, -0.25) is 9.78 Å². The van der Waals surface area contributed by atoms with Crippen LogP contribution in [-0.2, 0) is 18.3 Å². The molecule has 0 saturated carbocycles. The summed E-state index contributed by atoms with van der Waals surface area (Å²) in [6.07, 6.45) is 2.31. The molecule has 198 valence electrons. The summed E-state index contributed by atoms with van der Waals surface area (Å²) in [4.78, 5) is 17.6. The van der Waals surface area contributed by atoms with E-state index in [1.165, 1.54) is 0 Å². The van der Waals surface area contributed by atoms with Crippen LogP contribution in [0.25, 0.3) is 16.6 Å². The van der Waals surface area contributed by atoms with Crippen LogP contribution in [0.2, 0.25) is 10.0 Å². The highest BCUT2D eigenvalue weighted by atomic mass is 35.5. The van der Waals surface area contributed by atoms with Crippen molar-refractivity contribution in [2.24, 2.45) is 13.0 Å². The Labute approximate surface area is 224 Å². The van der Waals surface area contributed by atoms with Gasteiger partial charge in [0, 0.05) is 63.7 Å². The lowest BCUT2D eigenvalue weighted by atomic mass is 9.93. The van der Waals surface area contributed by atoms with Crippen molar-refractivity contribution in [3.8, 4) is 5.75 Å². The van der Waals surface area contributed by atoms with Crippen LogP contribution in [0.4, 0.5) is 8.78 Å². The van der Waals surface area contributed by atoms with E-state index in [0.29, 0.717) is 53.4 Å². The Hall–Kier alpha value is -2.84. The quantitative estimate of drug-likeness (QED) is 0.328. The molecule has 0 bridgehead atoms. The number of fused-ring (bicyclic) bond motifs is 1. The molecule has 0 spiro atoms. The predicted molar refractivity (Wildman–Crippen MR) is 142 cm³/mol. The third-order valence-electron chi connectivity index (χ3n) is 6.80. The van der Waals surface area contributed by atoms with Gasteiger partial charge in [-0.1, -0.05) is 29.8 Å². The Morgan fingerprint density at radius 2 is 1.97 bits per heavy atom. The second-order valence-corrected chi connectivity index (χ2v) is 10.5. The van der Waals surface area contributed by atoms with Crippen molar-refractivity contribution in [1.29, 1.82) is 0 Å². The second kappa shape index (κ2) is 10.5. The number of pyridine rings is 1. The fourth-order valence-electron chi connectivity index (χ4n) is 5.06. The first-order valence-corrected chi connectivity index (χ1v) is 12.7. The summed E-state index contributed by atoms with van der Waals surface area (Å²) < 4.78 is 33.5. The highest BCUT2D eigenvalue weighted by molar-refractivity contribution is 6.36. The molecule has 0 aliphatic carbocycles. The van der Waals surface area contributed by atoms with Crippen LogP contribution in [0.3, 0.4) is 0 Å². The van der Waals surface area contributed by atoms with Crippen molar-refractivity contribution in [3.05, 3.63) is 63.5 Å². The number of alkyl halides is 2. The number of benzene rings is 1. The standard InChI is InChI=1S/C27H29Cl2F2N3O3/c1-15-9-19(37-27(3,30)31)12-22-24(15)18(14-33(22)4)11-20-21(28)13-32-26(25(20)29)16(2)34-7-5-17(6-8-34)10-23(35)36/h9,12-14,17H,2,5-8,10-11H2,1,3-4H3,(H,35,36). The zero-order chi connectivity index (χ0) is 27.1. The topological polar surface area (TPSA) is 67.6 Å². The first-order valence-electron chi connectivity index (χ1n) is 12.0. The fraction of sp³-hybridized carbons (Fsp3) is 0.407. The number of aliphatic carboxylic acids is 1. The van der Waals surface area contributed by atoms with Gasteiger partial charge in [0.15, 0.2) is 0 Å². The number of piperidine rings is 1. The molecular formula is C27H29Cl2F2N3O3. The Morgan fingerprint density at radius 1 is 1.30 bits per heavy atom. The lowest BCUT2D eigenvalue weighted by Crippen LogP contribution is -2.33. The van der Waals surface area contributed by atoms with Crippen molar-refractivity contribution in [2.45, 2.75) is 45.6 Å². The number of halogens is 4. The van der Waals surface area contributed by atoms with Gasteiger partial charge in [0.05, 0.1) is 21.3 Å². The van der Waals surface area contributed by atoms with E-state index in [0.717, 1.165) is 34.9 Å². The molecule has 0 atom stereocenters. The van der Waals surface area contributed by atoms with E-state index in [1.807, 2.05) is 24.7 Å². The number of aryl methyl sites for hydroxylation is 2. The SMILES string of the molecule is C=C(c1ncc(Cl)c(Cc2cn(C)c3cc(OC(C)(F)F)cc(C)c23)c1Cl)N1CCC(CC(=O)O)CC1. The summed E-state index contributed by atoms with van der Waals surface area (Å²) in [6, 6.07) is 3.19. The van der Waals surface area contributed by atoms with Gasteiger partial charge in [0.1, 0.15) is 11.4 Å². The molecule has 0 radical (unpaired) electrons. The fourth-order valence-corrected chi connectivity index (χ4v) is 5.65. The monoisotopic (exact) mass is 551 g/mol. The van der Waals surface area contributed by atoms with Crippen molar-refractivity contribution < 1.29 is 23.4 Å². The third kappa shape index (κ3) is 6.02. The summed E-state index contributed by atoms with van der Waals surface area (Å²) in [5, 5.41) is 10.8. The van der Waals surface area contributed by atoms with Gasteiger partial charge in [-0.05, 0) is 48.4 Å². The predicted octanol–water partition coefficient (Wildman–Crippen LogP) is 6.93. The Bertz CT molecular complexity index is 1360. The number of nitrogens with zero attached hydrogens (tertiary/aromatic N) is 3. The van der Waals surface area contributed by atoms with Crippen LogP contribution >= 0.6 is 23.2 Å². The van der Waals surface area contributed by atoms with E-state index >= 15 is 0 Å². The van der Waals surface area contributed by atoms with Crippen molar-refractivity contribution in [1.82, 2.24) is 14.5 Å². The van der Waals surface area contributed by atoms with Crippen LogP contribution in [0.5, 0.6) is 5.75 Å². The van der Waals surface area contributed by atoms with E-state index in [2.05, 4.69) is 16.5 Å². The third-order valence-corrected chi connectivity index (χ3v) is 7.54. The Balaban J connectivity index is 1.62. The Kier molecular flexibility index (Phi) is 7.72. The molecule has 1 aromatic carbocycles. The molecular weight excluding hydrogens is 523 g/mol. The lowest BCUT2D eigenvalue weighted by Gasteiger charge is -2.34. The number of carboxylic acids is 1. The number of hydrogen-bond acceptors (Lipinski definition) is 4. The maximum atomic E-state index is 13.4. The molecule has 2 aromatic heterocycles. The molecule has 1 aliphatic heterocycles. The number of hydrogen-bond donors (Lipinski definition) is 1. The number of ether oxygens (including phenoxy) is 1. The van der Waals surface area contributed by atoms with Crippen LogP contribution < -0.4 is 4.74 Å². The summed E-state index contributed by atoms with van der Waals surface area (Å²) in [5.41, 5.74) is 4.39. The molecule has 1 aliphatic rings. The van der Waals surface area contributed by atoms with E-state index in [-0.39, 0.29) is 18.1 Å². The van der Waals surface area contributed by atoms with Crippen LogP contribution in [0.15, 0.2) is 31.1 Å². The van der Waals surface area contributed by atoms with Crippen LogP contribution in [0, 0.1) is 12.8 Å². The summed E-state index contributed by atoms with van der Waals surface area (Å²) in [6.45, 7) is 8.13. The molecule has 1 saturated heterocycles. The first-order chi connectivity index (χ1) is 17.3. The minimum atomic E-state index is -3.28. The van der Waals surface area contributed by atoms with E-state index in [9.17, 15) is 13.6 Å². The number of likely N-dealkylation sites (tertiary alicyclic amines) is 1. The maximum Gasteiger partial charge on any atom is 0.394 e. The van der Waals surface area contributed by atoms with Crippen molar-refractivity contribution >= 4 is 45.8 Å². The molecule has 3 aromatic rings. The molecule has 1 fully saturated rings. The number of aromatic nitrogens is 2. The number of carbonyl (C=O) groups is 1. The van der Waals surface area contributed by atoms with Gasteiger partial charge in [-0.25, -0.2) is 0 Å². The Morgan fingerprint density at radius 3 is 2.59 bits per heavy atom. The zero-order valence-electron chi connectivity index (χ0n) is 21.0.